The van der Waals surface area contributed by atoms with Gasteiger partial charge in [-0.05, 0) is 42.7 Å². The zero-order chi connectivity index (χ0) is 28.0. The number of carbonyl (C=O) groups excluding carboxylic acids is 3. The van der Waals surface area contributed by atoms with Crippen LogP contribution in [0.4, 0.5) is 0 Å². The summed E-state index contributed by atoms with van der Waals surface area (Å²) in [6, 6.07) is 19.2. The molecule has 7 nitrogen and oxygen atoms in total. The summed E-state index contributed by atoms with van der Waals surface area (Å²) in [4.78, 5) is 41.3. The minimum Gasteiger partial charge on any atom is -0.463 e. The first kappa shape index (κ1) is 30.1. The van der Waals surface area contributed by atoms with Crippen molar-refractivity contribution in [3.8, 4) is 0 Å². The molecule has 1 aliphatic heterocycles. The summed E-state index contributed by atoms with van der Waals surface area (Å²) in [5.74, 6) is -1.46. The molecular formula is C32H42N2O5. The Morgan fingerprint density at radius 2 is 1.67 bits per heavy atom. The third kappa shape index (κ3) is 9.98. The van der Waals surface area contributed by atoms with E-state index in [0.717, 1.165) is 11.1 Å². The van der Waals surface area contributed by atoms with E-state index in [9.17, 15) is 19.5 Å². The largest absolute Gasteiger partial charge is 0.463 e. The summed E-state index contributed by atoms with van der Waals surface area (Å²) in [5, 5.41) is 12.6. The molecule has 0 saturated heterocycles. The maximum absolute atomic E-state index is 13.4. The number of rotatable bonds is 9. The van der Waals surface area contributed by atoms with E-state index < -0.39 is 5.92 Å². The van der Waals surface area contributed by atoms with E-state index in [4.69, 9.17) is 4.74 Å². The maximum atomic E-state index is 13.4. The summed E-state index contributed by atoms with van der Waals surface area (Å²) in [7, 11) is 0. The lowest BCUT2D eigenvalue weighted by atomic mass is 9.94. The van der Waals surface area contributed by atoms with Gasteiger partial charge in [0, 0.05) is 19.5 Å². The normalized spacial score (nSPS) is 20.8. The number of aliphatic hydroxyl groups is 1. The number of aliphatic hydroxyl groups excluding tert-OH is 1. The van der Waals surface area contributed by atoms with E-state index in [2.05, 4.69) is 5.32 Å². The molecule has 2 N–H and O–H groups in total. The predicted molar refractivity (Wildman–Crippen MR) is 151 cm³/mol. The number of hydrogen-bond acceptors (Lipinski definition) is 5. The van der Waals surface area contributed by atoms with Gasteiger partial charge in [0.2, 0.25) is 11.8 Å². The van der Waals surface area contributed by atoms with Crippen LogP contribution in [0.1, 0.15) is 50.7 Å². The van der Waals surface area contributed by atoms with Crippen LogP contribution in [0.5, 0.6) is 0 Å². The van der Waals surface area contributed by atoms with Crippen molar-refractivity contribution in [3.05, 3.63) is 83.9 Å². The Balaban J connectivity index is 1.73. The van der Waals surface area contributed by atoms with E-state index >= 15 is 0 Å². The minimum atomic E-state index is -0.566. The molecule has 0 aliphatic carbocycles. The first-order valence-corrected chi connectivity index (χ1v) is 14.0. The van der Waals surface area contributed by atoms with Gasteiger partial charge in [-0.2, -0.15) is 0 Å². The molecule has 0 aromatic heterocycles. The van der Waals surface area contributed by atoms with Crippen LogP contribution < -0.4 is 5.32 Å². The van der Waals surface area contributed by atoms with Gasteiger partial charge in [-0.1, -0.05) is 86.7 Å². The lowest BCUT2D eigenvalue weighted by Crippen LogP contribution is -2.46. The molecule has 210 valence electrons. The Kier molecular flexibility index (Phi) is 12.2. The van der Waals surface area contributed by atoms with Gasteiger partial charge in [-0.3, -0.25) is 14.4 Å². The lowest BCUT2D eigenvalue weighted by molar-refractivity contribution is -0.150. The average Bonchev–Trinajstić information content (AvgIpc) is 2.94. The molecule has 0 radical (unpaired) electrons. The fourth-order valence-corrected chi connectivity index (χ4v) is 4.71. The minimum absolute atomic E-state index is 0.0320. The number of esters is 1. The van der Waals surface area contributed by atoms with Gasteiger partial charge in [0.15, 0.2) is 0 Å². The first-order valence-electron chi connectivity index (χ1n) is 14.0. The quantitative estimate of drug-likeness (QED) is 0.370. The van der Waals surface area contributed by atoms with Gasteiger partial charge in [0.1, 0.15) is 6.61 Å². The second-order valence-corrected chi connectivity index (χ2v) is 10.6. The number of ether oxygens (including phenoxy) is 1. The number of hydrogen-bond donors (Lipinski definition) is 2. The molecule has 0 spiro atoms. The number of nitrogens with one attached hydrogen (secondary N) is 1. The molecule has 3 atom stereocenters. The molecule has 1 heterocycles. The average molecular weight is 535 g/mol. The zero-order valence-electron chi connectivity index (χ0n) is 23.1. The molecule has 2 aromatic rings. The second-order valence-electron chi connectivity index (χ2n) is 10.6. The first-order chi connectivity index (χ1) is 18.9. The van der Waals surface area contributed by atoms with Crippen molar-refractivity contribution >= 4 is 17.8 Å². The van der Waals surface area contributed by atoms with Crippen LogP contribution in [0.3, 0.4) is 0 Å². The van der Waals surface area contributed by atoms with Crippen molar-refractivity contribution in [1.29, 1.82) is 0 Å². The van der Waals surface area contributed by atoms with E-state index in [1.54, 1.807) is 4.90 Å². The van der Waals surface area contributed by atoms with Gasteiger partial charge in [0.25, 0.3) is 0 Å². The van der Waals surface area contributed by atoms with E-state index in [1.165, 1.54) is 0 Å². The second kappa shape index (κ2) is 15.8. The molecule has 2 aromatic carbocycles. The van der Waals surface area contributed by atoms with Crippen molar-refractivity contribution in [2.75, 3.05) is 19.8 Å². The van der Waals surface area contributed by atoms with Gasteiger partial charge in [-0.15, -0.1) is 0 Å². The number of carbonyl (C=O) groups is 3. The van der Waals surface area contributed by atoms with Crippen LogP contribution in [0, 0.1) is 17.8 Å². The van der Waals surface area contributed by atoms with Gasteiger partial charge in [-0.25, -0.2) is 0 Å². The standard InChI is InChI=1S/C32H42N2O5/c1-24(2)29-23-39-32(38)28(20-25-12-6-3-7-13-25)17-11-5-10-16-27(31(37)33-29)21-30(36)34(18-19-35)22-26-14-8-4-9-15-26/h3-10,12-15,24,27-29,35H,11,16-23H2,1-2H3,(H,33,37)/t27-,28-,29-/m1/s1. The molecule has 0 bridgehead atoms. The number of allylic oxidation sites excluding steroid dienone is 2. The summed E-state index contributed by atoms with van der Waals surface area (Å²) in [6.45, 7) is 4.46. The Morgan fingerprint density at radius 1 is 1.00 bits per heavy atom. The van der Waals surface area contributed by atoms with Crippen molar-refractivity contribution in [1.82, 2.24) is 10.2 Å². The van der Waals surface area contributed by atoms with E-state index in [0.29, 0.717) is 32.2 Å². The Morgan fingerprint density at radius 3 is 2.31 bits per heavy atom. The molecule has 7 heteroatoms. The van der Waals surface area contributed by atoms with Crippen molar-refractivity contribution in [2.45, 2.75) is 58.5 Å². The van der Waals surface area contributed by atoms with Crippen LogP contribution in [0.2, 0.25) is 0 Å². The van der Waals surface area contributed by atoms with Gasteiger partial charge < -0.3 is 20.1 Å². The number of benzene rings is 2. The van der Waals surface area contributed by atoms with E-state index in [1.807, 2.05) is 86.7 Å². The van der Waals surface area contributed by atoms with Gasteiger partial charge in [0.05, 0.1) is 24.5 Å². The Labute approximate surface area is 232 Å². The Hall–Kier alpha value is -3.45. The smallest absolute Gasteiger partial charge is 0.309 e. The summed E-state index contributed by atoms with van der Waals surface area (Å²) in [5.41, 5.74) is 2.05. The number of nitrogens with zero attached hydrogens (tertiary/aromatic N) is 1. The fourth-order valence-electron chi connectivity index (χ4n) is 4.71. The molecule has 0 fully saturated rings. The van der Waals surface area contributed by atoms with Crippen LogP contribution in [-0.4, -0.2) is 53.6 Å². The summed E-state index contributed by atoms with van der Waals surface area (Å²) >= 11 is 0. The Bertz CT molecular complexity index is 1070. The van der Waals surface area contributed by atoms with Gasteiger partial charge >= 0.3 is 5.97 Å². The highest BCUT2D eigenvalue weighted by molar-refractivity contribution is 5.86. The third-order valence-corrected chi connectivity index (χ3v) is 7.20. The molecule has 0 unspecified atom stereocenters. The molecule has 39 heavy (non-hydrogen) atoms. The molecular weight excluding hydrogens is 492 g/mol. The molecule has 1 aliphatic rings. The monoisotopic (exact) mass is 534 g/mol. The summed E-state index contributed by atoms with van der Waals surface area (Å²) in [6.07, 6.45) is 6.30. The highest BCUT2D eigenvalue weighted by atomic mass is 16.5. The summed E-state index contributed by atoms with van der Waals surface area (Å²) < 4.78 is 5.73. The van der Waals surface area contributed by atoms with Crippen LogP contribution in [-0.2, 0) is 32.1 Å². The highest BCUT2D eigenvalue weighted by Crippen LogP contribution is 2.20. The highest BCUT2D eigenvalue weighted by Gasteiger charge is 2.29. The molecule has 3 rings (SSSR count). The van der Waals surface area contributed by atoms with Crippen LogP contribution >= 0.6 is 0 Å². The number of cyclic esters (lactones) is 1. The van der Waals surface area contributed by atoms with Crippen molar-refractivity contribution in [3.63, 3.8) is 0 Å². The van der Waals surface area contributed by atoms with Crippen LogP contribution in [0.25, 0.3) is 0 Å². The zero-order valence-corrected chi connectivity index (χ0v) is 23.1. The topological polar surface area (TPSA) is 95.9 Å². The number of amides is 2. The van der Waals surface area contributed by atoms with E-state index in [-0.39, 0.29) is 61.8 Å². The molecule has 0 saturated carbocycles. The third-order valence-electron chi connectivity index (χ3n) is 7.20. The maximum Gasteiger partial charge on any atom is 0.309 e. The fraction of sp³-hybridized carbons (Fsp3) is 0.469. The predicted octanol–water partition coefficient (Wildman–Crippen LogP) is 4.30. The van der Waals surface area contributed by atoms with Crippen molar-refractivity contribution in [2.24, 2.45) is 17.8 Å². The SMILES string of the molecule is CC(C)[C@H]1COC(=O)[C@@H](Cc2ccccc2)CCC=CC[C@H](CC(=O)N(CCO)Cc2ccccc2)C(=O)N1. The van der Waals surface area contributed by atoms with Crippen LogP contribution in [0.15, 0.2) is 72.8 Å². The van der Waals surface area contributed by atoms with Crippen molar-refractivity contribution < 1.29 is 24.2 Å². The lowest BCUT2D eigenvalue weighted by Gasteiger charge is -2.27. The molecule has 2 amide bonds.